The van der Waals surface area contributed by atoms with Crippen LogP contribution in [0.5, 0.6) is 11.5 Å². The summed E-state index contributed by atoms with van der Waals surface area (Å²) in [4.78, 5) is 0. The molecule has 98 valence electrons. The van der Waals surface area contributed by atoms with E-state index in [9.17, 15) is 10.2 Å². The van der Waals surface area contributed by atoms with Crippen LogP contribution in [-0.4, -0.2) is 54.6 Å². The third-order valence-corrected chi connectivity index (χ3v) is 3.26. The van der Waals surface area contributed by atoms with Crippen molar-refractivity contribution in [2.75, 3.05) is 27.8 Å². The van der Waals surface area contributed by atoms with Gasteiger partial charge < -0.3 is 19.7 Å². The first-order valence-electron chi connectivity index (χ1n) is 5.78. The molecular weight excluding hydrogens is 234 g/mol. The Kier molecular flexibility index (Phi) is 3.54. The molecule has 0 aliphatic carbocycles. The maximum Gasteiger partial charge on any atom is 0.240 e. The molecular formula is C13H18NO4+. The van der Waals surface area contributed by atoms with Crippen molar-refractivity contribution >= 4 is 5.71 Å². The lowest BCUT2D eigenvalue weighted by atomic mass is 9.95. The van der Waals surface area contributed by atoms with Crippen LogP contribution < -0.4 is 9.47 Å². The van der Waals surface area contributed by atoms with Crippen molar-refractivity contribution in [3.63, 3.8) is 0 Å². The molecule has 1 aliphatic heterocycles. The number of benzene rings is 1. The molecule has 2 N–H and O–H groups in total. The van der Waals surface area contributed by atoms with Crippen molar-refractivity contribution in [1.29, 1.82) is 0 Å². The average Bonchev–Trinajstić information content (AvgIpc) is 2.36. The van der Waals surface area contributed by atoms with Gasteiger partial charge >= 0.3 is 0 Å². The second-order valence-corrected chi connectivity index (χ2v) is 4.29. The number of fused-ring (bicyclic) bond motifs is 1. The van der Waals surface area contributed by atoms with E-state index in [1.807, 2.05) is 17.7 Å². The molecule has 0 unspecified atom stereocenters. The molecule has 1 aromatic rings. The zero-order chi connectivity index (χ0) is 13.3. The predicted octanol–water partition coefficient (Wildman–Crippen LogP) is 0.00200. The fourth-order valence-electron chi connectivity index (χ4n) is 2.32. The van der Waals surface area contributed by atoms with Crippen LogP contribution in [0.25, 0.3) is 0 Å². The highest BCUT2D eigenvalue weighted by molar-refractivity contribution is 6.01. The van der Waals surface area contributed by atoms with Crippen molar-refractivity contribution in [2.45, 2.75) is 12.7 Å². The lowest BCUT2D eigenvalue weighted by Crippen LogP contribution is -2.35. The second-order valence-electron chi connectivity index (χ2n) is 4.29. The van der Waals surface area contributed by atoms with E-state index in [4.69, 9.17) is 9.47 Å². The van der Waals surface area contributed by atoms with E-state index in [0.29, 0.717) is 17.2 Å². The first-order chi connectivity index (χ1) is 8.58. The van der Waals surface area contributed by atoms with Crippen LogP contribution >= 0.6 is 0 Å². The predicted molar refractivity (Wildman–Crippen MR) is 66.6 cm³/mol. The Hall–Kier alpha value is -1.59. The van der Waals surface area contributed by atoms with Gasteiger partial charge in [-0.05, 0) is 17.7 Å². The first kappa shape index (κ1) is 12.9. The van der Waals surface area contributed by atoms with E-state index in [0.717, 1.165) is 24.1 Å². The van der Waals surface area contributed by atoms with Gasteiger partial charge in [-0.3, -0.25) is 0 Å². The smallest absolute Gasteiger partial charge is 0.240 e. The molecule has 1 aliphatic rings. The van der Waals surface area contributed by atoms with Gasteiger partial charge in [0.2, 0.25) is 12.0 Å². The Morgan fingerprint density at radius 2 is 1.78 bits per heavy atom. The topological polar surface area (TPSA) is 61.9 Å². The van der Waals surface area contributed by atoms with Crippen LogP contribution in [0.3, 0.4) is 0 Å². The minimum absolute atomic E-state index is 0.497. The standard InChI is InChI=1S/C13H18NO4/c1-14-5-4-8-6-10(17-2)11(18-3)7-9(8)12(14)13(15)16/h6-7,13,15-16H,4-5H2,1-3H3/q+1. The molecule has 0 aromatic heterocycles. The highest BCUT2D eigenvalue weighted by Gasteiger charge is 2.30. The average molecular weight is 252 g/mol. The van der Waals surface area contributed by atoms with E-state index in [1.54, 1.807) is 20.3 Å². The molecule has 0 bridgehead atoms. The summed E-state index contributed by atoms with van der Waals surface area (Å²) in [5, 5.41) is 19.0. The highest BCUT2D eigenvalue weighted by atomic mass is 16.5. The highest BCUT2D eigenvalue weighted by Crippen LogP contribution is 2.32. The Morgan fingerprint density at radius 1 is 1.17 bits per heavy atom. The Bertz CT molecular complexity index is 494. The number of methoxy groups -OCH3 is 2. The summed E-state index contributed by atoms with van der Waals surface area (Å²) in [6.07, 6.45) is -0.658. The number of hydrogen-bond donors (Lipinski definition) is 2. The fraction of sp³-hybridized carbons (Fsp3) is 0.462. The molecule has 0 amide bonds. The lowest BCUT2D eigenvalue weighted by Gasteiger charge is -2.19. The van der Waals surface area contributed by atoms with Gasteiger partial charge in [0.1, 0.15) is 13.6 Å². The molecule has 0 saturated heterocycles. The van der Waals surface area contributed by atoms with Crippen molar-refractivity contribution in [2.24, 2.45) is 0 Å². The Labute approximate surface area is 106 Å². The molecule has 18 heavy (non-hydrogen) atoms. The van der Waals surface area contributed by atoms with Crippen LogP contribution in [0.1, 0.15) is 11.1 Å². The van der Waals surface area contributed by atoms with Crippen LogP contribution in [0.15, 0.2) is 12.1 Å². The van der Waals surface area contributed by atoms with Gasteiger partial charge in [-0.25, -0.2) is 4.58 Å². The quantitative estimate of drug-likeness (QED) is 0.587. The number of likely N-dealkylation sites (N-methyl/N-ethyl adjacent to an activating group) is 1. The number of nitrogens with zero attached hydrogens (tertiary/aromatic N) is 1. The Balaban J connectivity index is 2.60. The maximum atomic E-state index is 9.49. The summed E-state index contributed by atoms with van der Waals surface area (Å²) < 4.78 is 12.3. The molecule has 2 rings (SSSR count). The number of aliphatic hydroxyl groups excluding tert-OH is 1. The molecule has 5 nitrogen and oxygen atoms in total. The second kappa shape index (κ2) is 4.96. The van der Waals surface area contributed by atoms with Crippen molar-refractivity contribution in [3.8, 4) is 11.5 Å². The molecule has 5 heteroatoms. The number of aliphatic hydroxyl groups is 2. The van der Waals surface area contributed by atoms with Gasteiger partial charge in [-0.15, -0.1) is 0 Å². The number of ether oxygens (including phenoxy) is 2. The van der Waals surface area contributed by atoms with Crippen molar-refractivity contribution in [1.82, 2.24) is 0 Å². The summed E-state index contributed by atoms with van der Waals surface area (Å²) in [7, 11) is 4.99. The summed E-state index contributed by atoms with van der Waals surface area (Å²) in [6, 6.07) is 3.68. The van der Waals surface area contributed by atoms with E-state index in [2.05, 4.69) is 0 Å². The number of hydrogen-bond acceptors (Lipinski definition) is 4. The van der Waals surface area contributed by atoms with Crippen LogP contribution in [-0.2, 0) is 6.42 Å². The summed E-state index contributed by atoms with van der Waals surface area (Å²) in [6.45, 7) is 0.745. The van der Waals surface area contributed by atoms with Gasteiger partial charge in [0.15, 0.2) is 11.5 Å². The van der Waals surface area contributed by atoms with E-state index in [1.165, 1.54) is 0 Å². The van der Waals surface area contributed by atoms with Crippen molar-refractivity contribution < 1.29 is 24.3 Å². The molecule has 1 heterocycles. The normalized spacial score (nSPS) is 14.8. The lowest BCUT2D eigenvalue weighted by molar-refractivity contribution is -0.502. The molecule has 0 saturated carbocycles. The molecule has 0 atom stereocenters. The van der Waals surface area contributed by atoms with E-state index < -0.39 is 6.29 Å². The van der Waals surface area contributed by atoms with Crippen molar-refractivity contribution in [3.05, 3.63) is 23.3 Å². The van der Waals surface area contributed by atoms with Gasteiger partial charge in [0, 0.05) is 6.42 Å². The van der Waals surface area contributed by atoms with Gasteiger partial charge in [0.25, 0.3) is 0 Å². The zero-order valence-electron chi connectivity index (χ0n) is 10.8. The molecule has 0 radical (unpaired) electrons. The number of rotatable bonds is 3. The summed E-state index contributed by atoms with van der Waals surface area (Å²) >= 11 is 0. The van der Waals surface area contributed by atoms with Gasteiger partial charge in [-0.2, -0.15) is 0 Å². The monoisotopic (exact) mass is 252 g/mol. The van der Waals surface area contributed by atoms with E-state index in [-0.39, 0.29) is 0 Å². The maximum absolute atomic E-state index is 9.49. The third kappa shape index (κ3) is 2.07. The van der Waals surface area contributed by atoms with E-state index >= 15 is 0 Å². The summed E-state index contributed by atoms with van der Waals surface area (Å²) in [5.41, 5.74) is 2.34. The summed E-state index contributed by atoms with van der Waals surface area (Å²) in [5.74, 6) is 1.25. The Morgan fingerprint density at radius 3 is 2.33 bits per heavy atom. The van der Waals surface area contributed by atoms with Gasteiger partial charge in [0.05, 0.1) is 19.8 Å². The van der Waals surface area contributed by atoms with Crippen LogP contribution in [0, 0.1) is 0 Å². The largest absolute Gasteiger partial charge is 0.493 e. The third-order valence-electron chi connectivity index (χ3n) is 3.26. The molecule has 1 aromatic carbocycles. The van der Waals surface area contributed by atoms with Gasteiger partial charge in [-0.1, -0.05) is 0 Å². The fourth-order valence-corrected chi connectivity index (χ4v) is 2.32. The SMILES string of the molecule is COc1cc2c(cc1OC)C(C(O)O)=[N+](C)CC2. The van der Waals surface area contributed by atoms with Crippen LogP contribution in [0.4, 0.5) is 0 Å². The van der Waals surface area contributed by atoms with Crippen LogP contribution in [0.2, 0.25) is 0 Å². The molecule has 0 spiro atoms. The minimum Gasteiger partial charge on any atom is -0.493 e. The molecule has 0 fully saturated rings. The minimum atomic E-state index is -1.49. The first-order valence-corrected chi connectivity index (χ1v) is 5.78. The zero-order valence-corrected chi connectivity index (χ0v) is 10.8.